The first-order chi connectivity index (χ1) is 9.36. The monoisotopic (exact) mass is 292 g/mol. The fraction of sp³-hybridized carbons (Fsp3) is 0.538. The van der Waals surface area contributed by atoms with Crippen molar-refractivity contribution in [2.45, 2.75) is 12.3 Å². The molecule has 1 aromatic rings. The number of aliphatic hydroxyl groups excluding tert-OH is 1. The summed E-state index contributed by atoms with van der Waals surface area (Å²) in [5, 5.41) is 9.03. The molecule has 1 aromatic carbocycles. The topological polar surface area (TPSA) is 26.7 Å². The number of benzene rings is 1. The molecule has 1 N–H and O–H groups in total. The van der Waals surface area contributed by atoms with Crippen molar-refractivity contribution in [3.8, 4) is 0 Å². The summed E-state index contributed by atoms with van der Waals surface area (Å²) in [6.07, 6.45) is -6.88. The van der Waals surface area contributed by atoms with E-state index in [1.807, 2.05) is 4.90 Å². The van der Waals surface area contributed by atoms with E-state index in [0.29, 0.717) is 26.2 Å². The second kappa shape index (κ2) is 5.97. The van der Waals surface area contributed by atoms with E-state index in [-0.39, 0.29) is 5.82 Å². The molecular weight excluding hydrogens is 276 g/mol. The maximum atomic E-state index is 12.8. The first-order valence-electron chi connectivity index (χ1n) is 6.34. The molecule has 112 valence electrons. The Morgan fingerprint density at radius 3 is 2.10 bits per heavy atom. The van der Waals surface area contributed by atoms with E-state index >= 15 is 0 Å². The van der Waals surface area contributed by atoms with E-state index in [1.54, 1.807) is 17.0 Å². The highest BCUT2D eigenvalue weighted by Crippen LogP contribution is 2.22. The Kier molecular flexibility index (Phi) is 4.49. The van der Waals surface area contributed by atoms with Crippen LogP contribution in [0, 0.1) is 5.82 Å². The Morgan fingerprint density at radius 2 is 1.60 bits per heavy atom. The zero-order chi connectivity index (χ0) is 14.8. The molecule has 1 heterocycles. The van der Waals surface area contributed by atoms with Gasteiger partial charge in [-0.15, -0.1) is 0 Å². The maximum Gasteiger partial charge on any atom is 0.415 e. The SMILES string of the molecule is O[C@@H](CN1CCN(c2ccc(F)cc2)CC1)C(F)(F)F. The molecule has 0 unspecified atom stereocenters. The molecule has 2 rings (SSSR count). The van der Waals surface area contributed by atoms with E-state index in [1.165, 1.54) is 12.1 Å². The summed E-state index contributed by atoms with van der Waals surface area (Å²) in [7, 11) is 0. The largest absolute Gasteiger partial charge is 0.415 e. The summed E-state index contributed by atoms with van der Waals surface area (Å²) < 4.78 is 49.6. The third-order valence-electron chi connectivity index (χ3n) is 3.37. The molecule has 0 aromatic heterocycles. The van der Waals surface area contributed by atoms with Crippen LogP contribution >= 0.6 is 0 Å². The predicted octanol–water partition coefficient (Wildman–Crippen LogP) is 1.87. The molecule has 1 aliphatic heterocycles. The summed E-state index contributed by atoms with van der Waals surface area (Å²) in [5.74, 6) is -0.319. The van der Waals surface area contributed by atoms with Crippen molar-refractivity contribution in [1.29, 1.82) is 0 Å². The van der Waals surface area contributed by atoms with Gasteiger partial charge in [-0.1, -0.05) is 0 Å². The van der Waals surface area contributed by atoms with Crippen molar-refractivity contribution in [1.82, 2.24) is 4.90 Å². The van der Waals surface area contributed by atoms with Crippen molar-refractivity contribution >= 4 is 5.69 Å². The lowest BCUT2D eigenvalue weighted by atomic mass is 10.2. The van der Waals surface area contributed by atoms with Gasteiger partial charge < -0.3 is 10.0 Å². The number of nitrogens with zero attached hydrogens (tertiary/aromatic N) is 2. The molecule has 0 aliphatic carbocycles. The van der Waals surface area contributed by atoms with Crippen molar-refractivity contribution in [3.05, 3.63) is 30.1 Å². The molecule has 7 heteroatoms. The lowest BCUT2D eigenvalue weighted by Gasteiger charge is -2.37. The van der Waals surface area contributed by atoms with E-state index in [9.17, 15) is 17.6 Å². The molecular formula is C13H16F4N2O. The van der Waals surface area contributed by atoms with Gasteiger partial charge in [-0.25, -0.2) is 4.39 Å². The van der Waals surface area contributed by atoms with E-state index in [2.05, 4.69) is 0 Å². The molecule has 1 saturated heterocycles. The third kappa shape index (κ3) is 3.83. The highest BCUT2D eigenvalue weighted by Gasteiger charge is 2.39. The van der Waals surface area contributed by atoms with Crippen LogP contribution in [0.3, 0.4) is 0 Å². The number of hydrogen-bond donors (Lipinski definition) is 1. The van der Waals surface area contributed by atoms with Gasteiger partial charge in [0.1, 0.15) is 5.82 Å². The molecule has 0 radical (unpaired) electrons. The number of aliphatic hydroxyl groups is 1. The average Bonchev–Trinajstić information content (AvgIpc) is 2.39. The number of halogens is 4. The first-order valence-corrected chi connectivity index (χ1v) is 6.34. The minimum absolute atomic E-state index is 0.319. The zero-order valence-corrected chi connectivity index (χ0v) is 10.8. The van der Waals surface area contributed by atoms with Crippen LogP contribution in [0.1, 0.15) is 0 Å². The van der Waals surface area contributed by atoms with Gasteiger partial charge in [0.05, 0.1) is 0 Å². The standard InChI is InChI=1S/C13H16F4N2O/c14-10-1-3-11(4-2-10)19-7-5-18(6-8-19)9-12(20)13(15,16)17/h1-4,12,20H,5-9H2/t12-/m0/s1. The Labute approximate surface area is 114 Å². The van der Waals surface area contributed by atoms with Gasteiger partial charge in [0.2, 0.25) is 0 Å². The maximum absolute atomic E-state index is 12.8. The van der Waals surface area contributed by atoms with E-state index in [4.69, 9.17) is 5.11 Å². The number of β-amino-alcohol motifs (C(OH)–C–C–N with tert-alkyl or cyclic N) is 1. The molecule has 1 aliphatic rings. The minimum Gasteiger partial charge on any atom is -0.382 e. The molecule has 20 heavy (non-hydrogen) atoms. The lowest BCUT2D eigenvalue weighted by molar-refractivity contribution is -0.208. The van der Waals surface area contributed by atoms with Crippen molar-refractivity contribution < 1.29 is 22.7 Å². The van der Waals surface area contributed by atoms with Crippen molar-refractivity contribution in [3.63, 3.8) is 0 Å². The number of piperazine rings is 1. The second-order valence-electron chi connectivity index (χ2n) is 4.82. The number of alkyl halides is 3. The number of hydrogen-bond acceptors (Lipinski definition) is 3. The highest BCUT2D eigenvalue weighted by molar-refractivity contribution is 5.46. The van der Waals surface area contributed by atoms with Gasteiger partial charge in [-0.05, 0) is 24.3 Å². The quantitative estimate of drug-likeness (QED) is 0.862. The summed E-state index contributed by atoms with van der Waals surface area (Å²) in [5.41, 5.74) is 0.849. The Balaban J connectivity index is 1.85. The van der Waals surface area contributed by atoms with Gasteiger partial charge in [0, 0.05) is 38.4 Å². The Morgan fingerprint density at radius 1 is 1.05 bits per heavy atom. The molecule has 1 atom stereocenters. The zero-order valence-electron chi connectivity index (χ0n) is 10.8. The van der Waals surface area contributed by atoms with Crippen LogP contribution in [0.15, 0.2) is 24.3 Å². The van der Waals surface area contributed by atoms with Crippen LogP contribution in [-0.2, 0) is 0 Å². The summed E-state index contributed by atoms with van der Waals surface area (Å²) in [6.45, 7) is 1.57. The number of rotatable bonds is 3. The second-order valence-corrected chi connectivity index (χ2v) is 4.82. The first kappa shape index (κ1) is 15.1. The lowest BCUT2D eigenvalue weighted by Crippen LogP contribution is -2.50. The third-order valence-corrected chi connectivity index (χ3v) is 3.37. The van der Waals surface area contributed by atoms with Gasteiger partial charge in [-0.2, -0.15) is 13.2 Å². The normalized spacial score (nSPS) is 19.1. The fourth-order valence-corrected chi connectivity index (χ4v) is 2.19. The minimum atomic E-state index is -4.58. The molecule has 0 spiro atoms. The van der Waals surface area contributed by atoms with Crippen molar-refractivity contribution in [2.75, 3.05) is 37.6 Å². The van der Waals surface area contributed by atoms with Crippen LogP contribution in [0.25, 0.3) is 0 Å². The van der Waals surface area contributed by atoms with E-state index < -0.39 is 18.8 Å². The molecule has 0 bridgehead atoms. The van der Waals surface area contributed by atoms with Crippen LogP contribution < -0.4 is 4.90 Å². The van der Waals surface area contributed by atoms with Crippen LogP contribution in [-0.4, -0.2) is 55.0 Å². The van der Waals surface area contributed by atoms with Gasteiger partial charge in [0.25, 0.3) is 0 Å². The summed E-state index contributed by atoms with van der Waals surface area (Å²) >= 11 is 0. The molecule has 0 saturated carbocycles. The van der Waals surface area contributed by atoms with Gasteiger partial charge >= 0.3 is 6.18 Å². The van der Waals surface area contributed by atoms with Crippen LogP contribution in [0.4, 0.5) is 23.2 Å². The summed E-state index contributed by atoms with van der Waals surface area (Å²) in [6, 6.07) is 6.01. The molecule has 0 amide bonds. The van der Waals surface area contributed by atoms with E-state index in [0.717, 1.165) is 5.69 Å². The fourth-order valence-electron chi connectivity index (χ4n) is 2.19. The number of anilines is 1. The van der Waals surface area contributed by atoms with Crippen LogP contribution in [0.5, 0.6) is 0 Å². The Bertz CT molecular complexity index is 427. The summed E-state index contributed by atoms with van der Waals surface area (Å²) in [4.78, 5) is 3.56. The van der Waals surface area contributed by atoms with Gasteiger partial charge in [-0.3, -0.25) is 4.90 Å². The van der Waals surface area contributed by atoms with Gasteiger partial charge in [0.15, 0.2) is 6.10 Å². The smallest absolute Gasteiger partial charge is 0.382 e. The van der Waals surface area contributed by atoms with Crippen molar-refractivity contribution in [2.24, 2.45) is 0 Å². The highest BCUT2D eigenvalue weighted by atomic mass is 19.4. The Hall–Kier alpha value is -1.34. The molecule has 1 fully saturated rings. The van der Waals surface area contributed by atoms with Crippen LogP contribution in [0.2, 0.25) is 0 Å². The predicted molar refractivity (Wildman–Crippen MR) is 67.1 cm³/mol. The average molecular weight is 292 g/mol. The molecule has 3 nitrogen and oxygen atoms in total.